The Hall–Kier alpha value is -3.25. The number of rotatable bonds is 4. The van der Waals surface area contributed by atoms with E-state index in [0.717, 1.165) is 22.4 Å². The molecule has 0 radical (unpaired) electrons. The Labute approximate surface area is 135 Å². The number of hydrogen-bond donors (Lipinski definition) is 1. The predicted molar refractivity (Wildman–Crippen MR) is 91.8 cm³/mol. The molecule has 0 spiro atoms. The summed E-state index contributed by atoms with van der Waals surface area (Å²) < 4.78 is 5.84. The highest BCUT2D eigenvalue weighted by Crippen LogP contribution is 2.28. The molecule has 23 heavy (non-hydrogen) atoms. The van der Waals surface area contributed by atoms with Gasteiger partial charge in [0.1, 0.15) is 12.4 Å². The van der Waals surface area contributed by atoms with E-state index in [1.165, 1.54) is 0 Å². The molecule has 0 aliphatic rings. The van der Waals surface area contributed by atoms with Gasteiger partial charge in [0.2, 0.25) is 0 Å². The number of nitrogens with zero attached hydrogens (tertiary/aromatic N) is 1. The van der Waals surface area contributed by atoms with E-state index in [4.69, 9.17) is 10.5 Å². The highest BCUT2D eigenvalue weighted by Gasteiger charge is 2.06. The maximum absolute atomic E-state index is 9.29. The van der Waals surface area contributed by atoms with E-state index < -0.39 is 0 Å². The summed E-state index contributed by atoms with van der Waals surface area (Å²) in [4.78, 5) is 0. The first-order chi connectivity index (χ1) is 11.3. The third-order valence-electron chi connectivity index (χ3n) is 3.56. The van der Waals surface area contributed by atoms with Crippen molar-refractivity contribution >= 4 is 5.69 Å². The van der Waals surface area contributed by atoms with E-state index in [1.807, 2.05) is 60.7 Å². The minimum absolute atomic E-state index is 0.511. The lowest BCUT2D eigenvalue weighted by molar-refractivity contribution is 0.306. The summed E-state index contributed by atoms with van der Waals surface area (Å²) in [5.41, 5.74) is 9.80. The monoisotopic (exact) mass is 300 g/mol. The molecule has 0 unspecified atom stereocenters. The molecule has 0 atom stereocenters. The molecular weight excluding hydrogens is 284 g/mol. The Balaban J connectivity index is 1.84. The van der Waals surface area contributed by atoms with E-state index in [9.17, 15) is 5.26 Å². The van der Waals surface area contributed by atoms with Crippen LogP contribution in [0.4, 0.5) is 5.69 Å². The normalized spacial score (nSPS) is 10.0. The Kier molecular flexibility index (Phi) is 4.26. The van der Waals surface area contributed by atoms with E-state index in [-0.39, 0.29) is 0 Å². The molecule has 0 aromatic heterocycles. The van der Waals surface area contributed by atoms with Crippen molar-refractivity contribution in [1.82, 2.24) is 0 Å². The number of benzene rings is 3. The molecule has 0 saturated heterocycles. The lowest BCUT2D eigenvalue weighted by Crippen LogP contribution is -1.95. The third kappa shape index (κ3) is 3.50. The fraction of sp³-hybridized carbons (Fsp3) is 0.0500. The predicted octanol–water partition coefficient (Wildman–Crippen LogP) is 4.39. The third-order valence-corrected chi connectivity index (χ3v) is 3.56. The first-order valence-corrected chi connectivity index (χ1v) is 7.33. The van der Waals surface area contributed by atoms with Crippen molar-refractivity contribution in [2.75, 3.05) is 5.73 Å². The number of hydrogen-bond acceptors (Lipinski definition) is 3. The van der Waals surface area contributed by atoms with Crippen molar-refractivity contribution in [1.29, 1.82) is 5.26 Å². The summed E-state index contributed by atoms with van der Waals surface area (Å²) in [6, 6.07) is 25.3. The summed E-state index contributed by atoms with van der Waals surface area (Å²) in [6.45, 7) is 0.511. The Morgan fingerprint density at radius 2 is 1.74 bits per heavy atom. The van der Waals surface area contributed by atoms with Crippen molar-refractivity contribution in [2.45, 2.75) is 6.61 Å². The highest BCUT2D eigenvalue weighted by atomic mass is 16.5. The zero-order chi connectivity index (χ0) is 16.1. The van der Waals surface area contributed by atoms with Crippen LogP contribution in [0.3, 0.4) is 0 Å². The zero-order valence-electron chi connectivity index (χ0n) is 12.6. The lowest BCUT2D eigenvalue weighted by Gasteiger charge is -2.10. The van der Waals surface area contributed by atoms with Gasteiger partial charge in [-0.1, -0.05) is 48.5 Å². The van der Waals surface area contributed by atoms with Gasteiger partial charge >= 0.3 is 0 Å². The minimum Gasteiger partial charge on any atom is -0.489 e. The van der Waals surface area contributed by atoms with Crippen LogP contribution in [-0.2, 0) is 6.61 Å². The second-order valence-corrected chi connectivity index (χ2v) is 5.22. The van der Waals surface area contributed by atoms with Crippen molar-refractivity contribution < 1.29 is 4.74 Å². The molecular formula is C20H16N2O. The van der Waals surface area contributed by atoms with Gasteiger partial charge in [-0.25, -0.2) is 0 Å². The van der Waals surface area contributed by atoms with E-state index in [2.05, 4.69) is 6.07 Å². The molecule has 0 saturated carbocycles. The van der Waals surface area contributed by atoms with Crippen LogP contribution < -0.4 is 10.5 Å². The van der Waals surface area contributed by atoms with Crippen LogP contribution in [0.15, 0.2) is 72.8 Å². The highest BCUT2D eigenvalue weighted by molar-refractivity contribution is 5.73. The van der Waals surface area contributed by atoms with Gasteiger partial charge in [0, 0.05) is 5.69 Å². The number of ether oxygens (including phenoxy) is 1. The molecule has 3 nitrogen and oxygen atoms in total. The molecule has 0 aliphatic heterocycles. The molecule has 0 heterocycles. The summed E-state index contributed by atoms with van der Waals surface area (Å²) >= 11 is 0. The fourth-order valence-electron chi connectivity index (χ4n) is 2.40. The van der Waals surface area contributed by atoms with Crippen LogP contribution in [0, 0.1) is 11.3 Å². The van der Waals surface area contributed by atoms with Gasteiger partial charge in [-0.05, 0) is 41.0 Å². The molecule has 0 amide bonds. The summed E-state index contributed by atoms with van der Waals surface area (Å²) in [7, 11) is 0. The topological polar surface area (TPSA) is 59.0 Å². The van der Waals surface area contributed by atoms with E-state index >= 15 is 0 Å². The smallest absolute Gasteiger partial charge is 0.120 e. The van der Waals surface area contributed by atoms with Crippen LogP contribution in [0.2, 0.25) is 0 Å². The summed E-state index contributed by atoms with van der Waals surface area (Å²) in [5, 5.41) is 9.29. The van der Waals surface area contributed by atoms with Crippen LogP contribution >= 0.6 is 0 Å². The second-order valence-electron chi connectivity index (χ2n) is 5.22. The van der Waals surface area contributed by atoms with Gasteiger partial charge in [0.05, 0.1) is 11.6 Å². The van der Waals surface area contributed by atoms with Gasteiger partial charge in [-0.15, -0.1) is 0 Å². The quantitative estimate of drug-likeness (QED) is 0.727. The summed E-state index contributed by atoms with van der Waals surface area (Å²) in [6.07, 6.45) is 0. The molecule has 0 aliphatic carbocycles. The van der Waals surface area contributed by atoms with Crippen LogP contribution in [0.5, 0.6) is 5.75 Å². The van der Waals surface area contributed by atoms with Gasteiger partial charge in [-0.3, -0.25) is 0 Å². The Morgan fingerprint density at radius 3 is 2.52 bits per heavy atom. The second kappa shape index (κ2) is 6.67. The van der Waals surface area contributed by atoms with Crippen molar-refractivity contribution in [2.24, 2.45) is 0 Å². The first-order valence-electron chi connectivity index (χ1n) is 7.33. The SMILES string of the molecule is N#Cc1cc(N)ccc1-c1cccc(OCc2ccccc2)c1. The van der Waals surface area contributed by atoms with Gasteiger partial charge in [0.25, 0.3) is 0 Å². The molecule has 3 aromatic carbocycles. The number of nitriles is 1. The molecule has 3 heteroatoms. The largest absolute Gasteiger partial charge is 0.489 e. The minimum atomic E-state index is 0.511. The van der Waals surface area contributed by atoms with Crippen LogP contribution in [-0.4, -0.2) is 0 Å². The molecule has 3 rings (SSSR count). The zero-order valence-corrected chi connectivity index (χ0v) is 12.6. The van der Waals surface area contributed by atoms with Crippen LogP contribution in [0.25, 0.3) is 11.1 Å². The van der Waals surface area contributed by atoms with Crippen molar-refractivity contribution in [3.63, 3.8) is 0 Å². The number of nitrogens with two attached hydrogens (primary N) is 1. The number of nitrogen functional groups attached to an aromatic ring is 1. The lowest BCUT2D eigenvalue weighted by atomic mass is 9.99. The molecule has 112 valence electrons. The van der Waals surface area contributed by atoms with Gasteiger partial charge < -0.3 is 10.5 Å². The Morgan fingerprint density at radius 1 is 0.913 bits per heavy atom. The average molecular weight is 300 g/mol. The fourth-order valence-corrected chi connectivity index (χ4v) is 2.40. The van der Waals surface area contributed by atoms with Gasteiger partial charge in [-0.2, -0.15) is 5.26 Å². The van der Waals surface area contributed by atoms with Crippen molar-refractivity contribution in [3.05, 3.63) is 83.9 Å². The van der Waals surface area contributed by atoms with Crippen molar-refractivity contribution in [3.8, 4) is 22.9 Å². The maximum Gasteiger partial charge on any atom is 0.120 e. The summed E-state index contributed by atoms with van der Waals surface area (Å²) in [5.74, 6) is 0.770. The van der Waals surface area contributed by atoms with Gasteiger partial charge in [0.15, 0.2) is 0 Å². The van der Waals surface area contributed by atoms with E-state index in [0.29, 0.717) is 17.9 Å². The first kappa shape index (κ1) is 14.7. The standard InChI is InChI=1S/C20H16N2O/c21-13-17-11-18(22)9-10-20(17)16-7-4-8-19(12-16)23-14-15-5-2-1-3-6-15/h1-12H,14,22H2. The number of anilines is 1. The Bertz CT molecular complexity index is 851. The average Bonchev–Trinajstić information content (AvgIpc) is 2.61. The molecule has 0 fully saturated rings. The molecule has 0 bridgehead atoms. The van der Waals surface area contributed by atoms with Crippen LogP contribution in [0.1, 0.15) is 11.1 Å². The van der Waals surface area contributed by atoms with E-state index in [1.54, 1.807) is 12.1 Å². The maximum atomic E-state index is 9.29. The molecule has 3 aromatic rings. The molecule has 2 N–H and O–H groups in total.